The third-order valence-electron chi connectivity index (χ3n) is 4.80. The van der Waals surface area contributed by atoms with E-state index in [4.69, 9.17) is 16.0 Å². The number of aryl methyl sites for hydroxylation is 1. The first-order chi connectivity index (χ1) is 13.1. The van der Waals surface area contributed by atoms with Crippen molar-refractivity contribution in [3.05, 3.63) is 58.0 Å². The zero-order valence-corrected chi connectivity index (χ0v) is 17.0. The Morgan fingerprint density at radius 3 is 2.25 bits per heavy atom. The lowest BCUT2D eigenvalue weighted by Gasteiger charge is -2.37. The fourth-order valence-corrected chi connectivity index (χ4v) is 6.54. The highest BCUT2D eigenvalue weighted by Crippen LogP contribution is 2.30. The van der Waals surface area contributed by atoms with E-state index in [1.54, 1.807) is 0 Å². The number of rotatable bonds is 4. The van der Waals surface area contributed by atoms with Crippen LogP contribution in [0.5, 0.6) is 0 Å². The SMILES string of the molecule is Cn1c(=O)oc2ccc(S(=O)(=O)N3CC(S(=O)(=O)c4ccc(Cl)cc4)C3)cc21. The molecule has 28 heavy (non-hydrogen) atoms. The van der Waals surface area contributed by atoms with Crippen LogP contribution in [0.2, 0.25) is 5.02 Å². The number of hydrogen-bond donors (Lipinski definition) is 0. The summed E-state index contributed by atoms with van der Waals surface area (Å²) in [5.74, 6) is -0.595. The number of sulfone groups is 1. The predicted molar refractivity (Wildman–Crippen MR) is 103 cm³/mol. The van der Waals surface area contributed by atoms with Gasteiger partial charge >= 0.3 is 5.76 Å². The summed E-state index contributed by atoms with van der Waals surface area (Å²) >= 11 is 5.78. The van der Waals surface area contributed by atoms with Crippen LogP contribution in [-0.2, 0) is 26.9 Å². The van der Waals surface area contributed by atoms with Crippen LogP contribution >= 0.6 is 11.6 Å². The number of benzene rings is 2. The highest BCUT2D eigenvalue weighted by atomic mass is 35.5. The molecular weight excluding hydrogens is 428 g/mol. The van der Waals surface area contributed by atoms with Crippen molar-refractivity contribution in [3.8, 4) is 0 Å². The van der Waals surface area contributed by atoms with Gasteiger partial charge in [-0.2, -0.15) is 4.31 Å². The second kappa shape index (κ2) is 6.45. The van der Waals surface area contributed by atoms with Crippen molar-refractivity contribution in [1.82, 2.24) is 8.87 Å². The minimum absolute atomic E-state index is 0.0289. The minimum Gasteiger partial charge on any atom is -0.408 e. The van der Waals surface area contributed by atoms with Crippen LogP contribution in [0.15, 0.2) is 61.5 Å². The van der Waals surface area contributed by atoms with Crippen molar-refractivity contribution < 1.29 is 21.3 Å². The first-order valence-electron chi connectivity index (χ1n) is 8.20. The number of halogens is 1. The topological polar surface area (TPSA) is 107 Å². The van der Waals surface area contributed by atoms with Crippen LogP contribution in [0.4, 0.5) is 0 Å². The maximum absolute atomic E-state index is 12.8. The second-order valence-electron chi connectivity index (χ2n) is 6.50. The van der Waals surface area contributed by atoms with Gasteiger partial charge in [0.25, 0.3) is 0 Å². The number of hydrogen-bond acceptors (Lipinski definition) is 6. The van der Waals surface area contributed by atoms with E-state index in [1.165, 1.54) is 54.1 Å². The van der Waals surface area contributed by atoms with Crippen LogP contribution in [-0.4, -0.2) is 44.0 Å². The smallest absolute Gasteiger partial charge is 0.408 e. The number of aromatic nitrogens is 1. The summed E-state index contributed by atoms with van der Waals surface area (Å²) in [6, 6.07) is 9.85. The minimum atomic E-state index is -3.89. The van der Waals surface area contributed by atoms with E-state index in [0.29, 0.717) is 10.5 Å². The van der Waals surface area contributed by atoms with Gasteiger partial charge in [-0.3, -0.25) is 4.57 Å². The van der Waals surface area contributed by atoms with Crippen LogP contribution in [0.3, 0.4) is 0 Å². The molecule has 0 radical (unpaired) electrons. The third kappa shape index (κ3) is 2.96. The van der Waals surface area contributed by atoms with Crippen LogP contribution in [0, 0.1) is 0 Å². The van der Waals surface area contributed by atoms with Gasteiger partial charge in [-0.15, -0.1) is 0 Å². The summed E-state index contributed by atoms with van der Waals surface area (Å²) in [7, 11) is -6.08. The van der Waals surface area contributed by atoms with Crippen molar-refractivity contribution in [1.29, 1.82) is 0 Å². The lowest BCUT2D eigenvalue weighted by Crippen LogP contribution is -2.56. The summed E-state index contributed by atoms with van der Waals surface area (Å²) in [4.78, 5) is 11.6. The molecule has 148 valence electrons. The van der Waals surface area contributed by atoms with Gasteiger partial charge in [0.05, 0.1) is 20.6 Å². The standard InChI is InChI=1S/C17H15ClN2O6S2/c1-19-15-8-13(6-7-16(15)26-17(19)21)28(24,25)20-9-14(10-20)27(22,23)12-4-2-11(18)3-5-12/h2-8,14H,9-10H2,1H3. The van der Waals surface area contributed by atoms with Crippen LogP contribution < -0.4 is 5.76 Å². The molecule has 2 heterocycles. The van der Waals surface area contributed by atoms with E-state index < -0.39 is 30.9 Å². The summed E-state index contributed by atoms with van der Waals surface area (Å²) in [5, 5.41) is -0.411. The first kappa shape index (κ1) is 19.2. The Morgan fingerprint density at radius 2 is 1.61 bits per heavy atom. The number of nitrogens with zero attached hydrogens (tertiary/aromatic N) is 2. The number of fused-ring (bicyclic) bond motifs is 1. The second-order valence-corrected chi connectivity index (χ2v) is 11.1. The molecule has 0 atom stereocenters. The molecule has 0 N–H and O–H groups in total. The van der Waals surface area contributed by atoms with Gasteiger partial charge in [-0.1, -0.05) is 11.6 Å². The Labute approximate surface area is 165 Å². The molecule has 2 aromatic carbocycles. The van der Waals surface area contributed by atoms with Crippen molar-refractivity contribution in [3.63, 3.8) is 0 Å². The van der Waals surface area contributed by atoms with E-state index in [0.717, 1.165) is 4.31 Å². The average molecular weight is 443 g/mol. The molecule has 1 aliphatic rings. The number of sulfonamides is 1. The fourth-order valence-electron chi connectivity index (χ4n) is 3.03. The zero-order chi connectivity index (χ0) is 20.3. The van der Waals surface area contributed by atoms with Gasteiger partial charge in [-0.05, 0) is 42.5 Å². The predicted octanol–water partition coefficient (Wildman–Crippen LogP) is 1.63. The van der Waals surface area contributed by atoms with Gasteiger partial charge in [0.1, 0.15) is 0 Å². The maximum Gasteiger partial charge on any atom is 0.419 e. The molecule has 1 saturated heterocycles. The van der Waals surface area contributed by atoms with Gasteiger partial charge in [0.2, 0.25) is 10.0 Å². The first-order valence-corrected chi connectivity index (χ1v) is 11.6. The normalized spacial score (nSPS) is 16.4. The lowest BCUT2D eigenvalue weighted by atomic mass is 10.3. The third-order valence-corrected chi connectivity index (χ3v) is 8.98. The molecule has 0 aliphatic carbocycles. The molecule has 0 amide bonds. The number of oxazole rings is 1. The van der Waals surface area contributed by atoms with E-state index >= 15 is 0 Å². The molecule has 1 fully saturated rings. The Kier molecular flexibility index (Phi) is 4.42. The Hall–Kier alpha value is -2.14. The lowest BCUT2D eigenvalue weighted by molar-refractivity contribution is 0.309. The molecular formula is C17H15ClN2O6S2. The molecule has 3 aromatic rings. The van der Waals surface area contributed by atoms with Crippen molar-refractivity contribution in [2.75, 3.05) is 13.1 Å². The quantitative estimate of drug-likeness (QED) is 0.607. The van der Waals surface area contributed by atoms with Gasteiger partial charge < -0.3 is 4.42 Å². The van der Waals surface area contributed by atoms with Crippen molar-refractivity contribution in [2.45, 2.75) is 15.0 Å². The molecule has 1 aliphatic heterocycles. The van der Waals surface area contributed by atoms with E-state index in [-0.39, 0.29) is 28.5 Å². The van der Waals surface area contributed by atoms with E-state index in [2.05, 4.69) is 0 Å². The maximum atomic E-state index is 12.8. The molecule has 11 heteroatoms. The Morgan fingerprint density at radius 1 is 1.00 bits per heavy atom. The monoisotopic (exact) mass is 442 g/mol. The van der Waals surface area contributed by atoms with Gasteiger partial charge in [-0.25, -0.2) is 21.6 Å². The summed E-state index contributed by atoms with van der Waals surface area (Å²) in [5.41, 5.74) is 0.621. The van der Waals surface area contributed by atoms with Gasteiger partial charge in [0, 0.05) is 25.2 Å². The molecule has 0 spiro atoms. The van der Waals surface area contributed by atoms with Crippen molar-refractivity contribution >= 4 is 42.6 Å². The van der Waals surface area contributed by atoms with Gasteiger partial charge in [0.15, 0.2) is 15.4 Å². The van der Waals surface area contributed by atoms with Crippen LogP contribution in [0.25, 0.3) is 11.1 Å². The molecule has 0 bridgehead atoms. The average Bonchev–Trinajstić information content (AvgIpc) is 2.87. The molecule has 8 nitrogen and oxygen atoms in total. The highest BCUT2D eigenvalue weighted by molar-refractivity contribution is 7.92. The Balaban J connectivity index is 1.59. The van der Waals surface area contributed by atoms with Crippen LogP contribution in [0.1, 0.15) is 0 Å². The Bertz CT molecular complexity index is 1330. The molecule has 4 rings (SSSR count). The van der Waals surface area contributed by atoms with E-state index in [9.17, 15) is 21.6 Å². The zero-order valence-electron chi connectivity index (χ0n) is 14.6. The molecule has 0 saturated carbocycles. The summed E-state index contributed by atoms with van der Waals surface area (Å²) in [6.07, 6.45) is 0. The molecule has 0 unspecified atom stereocenters. The van der Waals surface area contributed by atoms with Crippen molar-refractivity contribution in [2.24, 2.45) is 7.05 Å². The largest absolute Gasteiger partial charge is 0.419 e. The summed E-state index contributed by atoms with van der Waals surface area (Å²) in [6.45, 7) is -0.286. The fraction of sp³-hybridized carbons (Fsp3) is 0.235. The molecule has 1 aromatic heterocycles. The summed E-state index contributed by atoms with van der Waals surface area (Å²) < 4.78 is 58.2. The highest BCUT2D eigenvalue weighted by Gasteiger charge is 2.44. The van der Waals surface area contributed by atoms with E-state index in [1.807, 2.05) is 0 Å².